The van der Waals surface area contributed by atoms with Gasteiger partial charge in [-0.3, -0.25) is 0 Å². The lowest BCUT2D eigenvalue weighted by Crippen LogP contribution is -2.27. The summed E-state index contributed by atoms with van der Waals surface area (Å²) in [6, 6.07) is 23.6. The molecule has 0 bridgehead atoms. The van der Waals surface area contributed by atoms with Crippen molar-refractivity contribution < 1.29 is 14.6 Å². The molecule has 0 heterocycles. The lowest BCUT2D eigenvalue weighted by atomic mass is 9.96. The molecule has 3 aromatic carbocycles. The van der Waals surface area contributed by atoms with E-state index in [2.05, 4.69) is 35.3 Å². The van der Waals surface area contributed by atoms with Crippen molar-refractivity contribution in [2.45, 2.75) is 19.9 Å². The molecule has 0 spiro atoms. The summed E-state index contributed by atoms with van der Waals surface area (Å²) in [6.07, 6.45) is 1.41. The zero-order valence-electron chi connectivity index (χ0n) is 18.8. The molecule has 0 fully saturated rings. The van der Waals surface area contributed by atoms with E-state index < -0.39 is 12.0 Å². The van der Waals surface area contributed by atoms with Crippen molar-refractivity contribution in [2.75, 3.05) is 7.11 Å². The molecule has 0 aliphatic rings. The van der Waals surface area contributed by atoms with Crippen LogP contribution in [-0.4, -0.2) is 36.3 Å². The Morgan fingerprint density at radius 3 is 2.33 bits per heavy atom. The maximum absolute atomic E-state index is 11.4. The van der Waals surface area contributed by atoms with Crippen molar-refractivity contribution in [2.24, 2.45) is 15.9 Å². The maximum Gasteiger partial charge on any atom is 0.335 e. The molecule has 1 atom stereocenters. The van der Waals surface area contributed by atoms with E-state index in [4.69, 9.17) is 10.5 Å². The quantitative estimate of drug-likeness (QED) is 0.339. The number of carboxylic acid groups (broad SMARTS) is 1. The van der Waals surface area contributed by atoms with Crippen LogP contribution in [0.25, 0.3) is 11.1 Å². The van der Waals surface area contributed by atoms with E-state index >= 15 is 0 Å². The summed E-state index contributed by atoms with van der Waals surface area (Å²) in [6.45, 7) is 3.79. The Kier molecular flexibility index (Phi) is 9.50. The summed E-state index contributed by atoms with van der Waals surface area (Å²) >= 11 is 0. The lowest BCUT2D eigenvalue weighted by Gasteiger charge is -2.07. The second-order valence-corrected chi connectivity index (χ2v) is 7.14. The van der Waals surface area contributed by atoms with Gasteiger partial charge in [-0.05, 0) is 54.8 Å². The Hall–Kier alpha value is -4.28. The van der Waals surface area contributed by atoms with E-state index in [-0.39, 0.29) is 11.5 Å². The Morgan fingerprint density at radius 1 is 1.12 bits per heavy atom. The van der Waals surface area contributed by atoms with E-state index in [9.17, 15) is 15.2 Å². The van der Waals surface area contributed by atoms with Gasteiger partial charge in [0.2, 0.25) is 5.90 Å². The highest BCUT2D eigenvalue weighted by Gasteiger charge is 2.10. The summed E-state index contributed by atoms with van der Waals surface area (Å²) in [5.74, 6) is -0.821. The molecule has 0 saturated heterocycles. The Labute approximate surface area is 193 Å². The molecule has 33 heavy (non-hydrogen) atoms. The first-order valence-electron chi connectivity index (χ1n) is 10.2. The first kappa shape index (κ1) is 25.0. The summed E-state index contributed by atoms with van der Waals surface area (Å²) in [4.78, 5) is 11.4. The number of aryl methyl sites for hydroxylation is 1. The van der Waals surface area contributed by atoms with Crippen molar-refractivity contribution in [1.82, 2.24) is 0 Å². The molecule has 168 valence electrons. The monoisotopic (exact) mass is 442 g/mol. The van der Waals surface area contributed by atoms with Crippen molar-refractivity contribution in [3.8, 4) is 17.2 Å². The van der Waals surface area contributed by atoms with Crippen LogP contribution in [0.15, 0.2) is 83.0 Å². The molecule has 0 aliphatic heterocycles. The average molecular weight is 443 g/mol. The number of nitrogens with two attached hydrogens (primary N) is 1. The third kappa shape index (κ3) is 7.73. The first-order valence-corrected chi connectivity index (χ1v) is 10.2. The topological polar surface area (TPSA) is 121 Å². The van der Waals surface area contributed by atoms with E-state index in [1.165, 1.54) is 31.0 Å². The van der Waals surface area contributed by atoms with Crippen LogP contribution in [-0.2, 0) is 4.74 Å². The lowest BCUT2D eigenvalue weighted by molar-refractivity contribution is 0.0697. The van der Waals surface area contributed by atoms with Crippen LogP contribution in [0.3, 0.4) is 0 Å². The van der Waals surface area contributed by atoms with Gasteiger partial charge in [-0.25, -0.2) is 4.79 Å². The fourth-order valence-electron chi connectivity index (χ4n) is 2.84. The Balaban J connectivity index is 0.000000468. The number of carboxylic acids is 1. The highest BCUT2D eigenvalue weighted by Crippen LogP contribution is 2.25. The van der Waals surface area contributed by atoms with Gasteiger partial charge >= 0.3 is 5.97 Å². The third-order valence-electron chi connectivity index (χ3n) is 4.46. The van der Waals surface area contributed by atoms with Gasteiger partial charge in [-0.2, -0.15) is 10.4 Å². The normalized spacial score (nSPS) is 11.8. The fraction of sp³-hybridized carbons (Fsp3) is 0.154. The number of ether oxygens (including phenoxy) is 1. The van der Waals surface area contributed by atoms with E-state index in [1.807, 2.05) is 18.2 Å². The highest BCUT2D eigenvalue weighted by atomic mass is 16.5. The zero-order chi connectivity index (χ0) is 24.2. The van der Waals surface area contributed by atoms with Gasteiger partial charge in [0.05, 0.1) is 36.6 Å². The Bertz CT molecular complexity index is 1180. The van der Waals surface area contributed by atoms with Crippen molar-refractivity contribution in [3.63, 3.8) is 0 Å². The molecule has 0 saturated carbocycles. The number of hydrogen-bond acceptors (Lipinski definition) is 6. The predicted octanol–water partition coefficient (Wildman–Crippen LogP) is 4.64. The van der Waals surface area contributed by atoms with E-state index in [0.717, 1.165) is 0 Å². The van der Waals surface area contributed by atoms with Crippen LogP contribution in [0.4, 0.5) is 0 Å². The molecule has 7 nitrogen and oxygen atoms in total. The van der Waals surface area contributed by atoms with Gasteiger partial charge in [0.25, 0.3) is 0 Å². The molecular formula is C26H26N4O3. The summed E-state index contributed by atoms with van der Waals surface area (Å²) in [7, 11) is 1.44. The van der Waals surface area contributed by atoms with Gasteiger partial charge in [0, 0.05) is 0 Å². The van der Waals surface area contributed by atoms with Crippen LogP contribution >= 0.6 is 0 Å². The molecule has 0 radical (unpaired) electrons. The summed E-state index contributed by atoms with van der Waals surface area (Å²) < 4.78 is 5.02. The van der Waals surface area contributed by atoms with Crippen LogP contribution in [0.1, 0.15) is 34.0 Å². The number of nitriles is 1. The standard InChI is InChI=1S/C19H18N4O3.C7H8/c1-12(21)18(26-2)23-22-11-13-7-15(9-16(8-13)19(24)25)17-6-4-3-5-14(17)10-20;1-7-5-3-2-4-6-7/h3-9,11-12H,21H2,1-2H3,(H,24,25);2-6H,1H3/b22-11+,23-18-;. The van der Waals surface area contributed by atoms with Crippen molar-refractivity contribution in [3.05, 3.63) is 95.1 Å². The average Bonchev–Trinajstić information content (AvgIpc) is 2.82. The maximum atomic E-state index is 11.4. The summed E-state index contributed by atoms with van der Waals surface area (Å²) in [5.41, 5.74) is 9.31. The smallest absolute Gasteiger partial charge is 0.335 e. The largest absolute Gasteiger partial charge is 0.482 e. The second-order valence-electron chi connectivity index (χ2n) is 7.14. The molecule has 0 amide bonds. The minimum Gasteiger partial charge on any atom is -0.482 e. The minimum atomic E-state index is -1.08. The fourth-order valence-corrected chi connectivity index (χ4v) is 2.84. The number of aromatic carboxylic acids is 1. The van der Waals surface area contributed by atoms with E-state index in [0.29, 0.717) is 22.3 Å². The molecule has 3 rings (SSSR count). The van der Waals surface area contributed by atoms with Gasteiger partial charge in [-0.1, -0.05) is 54.1 Å². The van der Waals surface area contributed by atoms with E-state index in [1.54, 1.807) is 37.3 Å². The van der Waals surface area contributed by atoms with Gasteiger partial charge < -0.3 is 15.6 Å². The van der Waals surface area contributed by atoms with Crippen molar-refractivity contribution >= 4 is 18.1 Å². The van der Waals surface area contributed by atoms with Crippen molar-refractivity contribution in [1.29, 1.82) is 5.26 Å². The first-order chi connectivity index (χ1) is 15.8. The SMILES string of the molecule is CO/C(=N\N=C\c1cc(C(=O)O)cc(-c2ccccc2C#N)c1)C(C)N.Cc1ccccc1. The molecule has 3 aromatic rings. The molecule has 1 unspecified atom stereocenters. The van der Waals surface area contributed by atoms with Gasteiger partial charge in [0.1, 0.15) is 0 Å². The number of rotatable bonds is 5. The van der Waals surface area contributed by atoms with Crippen LogP contribution < -0.4 is 5.73 Å². The zero-order valence-corrected chi connectivity index (χ0v) is 18.8. The number of hydrogen-bond donors (Lipinski definition) is 2. The Morgan fingerprint density at radius 2 is 1.79 bits per heavy atom. The summed E-state index contributed by atoms with van der Waals surface area (Å²) in [5, 5.41) is 26.4. The third-order valence-corrected chi connectivity index (χ3v) is 4.46. The van der Waals surface area contributed by atoms with Gasteiger partial charge in [-0.15, -0.1) is 5.10 Å². The number of benzene rings is 3. The molecule has 0 aliphatic carbocycles. The van der Waals surface area contributed by atoms with Crippen LogP contribution in [0.2, 0.25) is 0 Å². The molecule has 0 aromatic heterocycles. The number of methoxy groups -OCH3 is 1. The molecule has 7 heteroatoms. The molecule has 3 N–H and O–H groups in total. The molecular weight excluding hydrogens is 416 g/mol. The minimum absolute atomic E-state index is 0.0832. The number of carbonyl (C=O) groups is 1. The highest BCUT2D eigenvalue weighted by molar-refractivity contribution is 5.94. The van der Waals surface area contributed by atoms with Gasteiger partial charge in [0.15, 0.2) is 0 Å². The van der Waals surface area contributed by atoms with Crippen LogP contribution in [0, 0.1) is 18.3 Å². The van der Waals surface area contributed by atoms with Crippen LogP contribution in [0.5, 0.6) is 0 Å². The predicted molar refractivity (Wildman–Crippen MR) is 130 cm³/mol. The second kappa shape index (κ2) is 12.5. The number of nitrogens with zero attached hydrogens (tertiary/aromatic N) is 3.